The molecule has 2 aromatic heterocycles. The Morgan fingerprint density at radius 1 is 0.317 bits per heavy atom. The average Bonchev–Trinajstić information content (AvgIpc) is 3.85. The summed E-state index contributed by atoms with van der Waals surface area (Å²) in [6.07, 6.45) is 0. The zero-order chi connectivity index (χ0) is 39.6. The Morgan fingerprint density at radius 2 is 0.850 bits per heavy atom. The lowest BCUT2D eigenvalue weighted by atomic mass is 9.67. The van der Waals surface area contributed by atoms with Gasteiger partial charge in [-0.2, -0.15) is 0 Å². The third-order valence-electron chi connectivity index (χ3n) is 12.2. The number of rotatable bonds is 6. The highest BCUT2D eigenvalue weighted by molar-refractivity contribution is 6.07. The molecule has 9 aromatic carbocycles. The van der Waals surface area contributed by atoms with Crippen molar-refractivity contribution in [2.45, 2.75) is 5.41 Å². The molecule has 0 saturated heterocycles. The van der Waals surface area contributed by atoms with E-state index in [4.69, 9.17) is 19.4 Å². The summed E-state index contributed by atoms with van der Waals surface area (Å²) in [6, 6.07) is 75.1. The lowest BCUT2D eigenvalue weighted by molar-refractivity contribution is 0.666. The van der Waals surface area contributed by atoms with Crippen molar-refractivity contribution in [1.82, 2.24) is 15.0 Å². The van der Waals surface area contributed by atoms with E-state index in [1.807, 2.05) is 36.4 Å². The first-order valence-corrected chi connectivity index (χ1v) is 20.3. The Labute approximate surface area is 347 Å². The molecule has 0 amide bonds. The van der Waals surface area contributed by atoms with Crippen molar-refractivity contribution in [3.05, 3.63) is 235 Å². The van der Waals surface area contributed by atoms with Gasteiger partial charge in [-0.05, 0) is 79.5 Å². The van der Waals surface area contributed by atoms with Gasteiger partial charge in [-0.15, -0.1) is 0 Å². The van der Waals surface area contributed by atoms with Crippen molar-refractivity contribution < 1.29 is 4.42 Å². The average molecular weight is 766 g/mol. The Hall–Kier alpha value is -7.95. The summed E-state index contributed by atoms with van der Waals surface area (Å²) in [5.74, 6) is 1.87. The first kappa shape index (κ1) is 34.1. The molecule has 11 aromatic rings. The summed E-state index contributed by atoms with van der Waals surface area (Å²) in [5.41, 5.74) is 13.5. The van der Waals surface area contributed by atoms with E-state index in [2.05, 4.69) is 176 Å². The van der Waals surface area contributed by atoms with Gasteiger partial charge in [0.1, 0.15) is 11.2 Å². The van der Waals surface area contributed by atoms with Gasteiger partial charge in [0.15, 0.2) is 17.5 Å². The van der Waals surface area contributed by atoms with Crippen LogP contribution in [0.2, 0.25) is 0 Å². The number of hydrogen-bond donors (Lipinski definition) is 0. The molecule has 60 heavy (non-hydrogen) atoms. The molecule has 2 heterocycles. The van der Waals surface area contributed by atoms with E-state index < -0.39 is 5.41 Å². The van der Waals surface area contributed by atoms with Gasteiger partial charge in [0, 0.05) is 27.5 Å². The van der Waals surface area contributed by atoms with Crippen LogP contribution in [0.25, 0.3) is 89.1 Å². The summed E-state index contributed by atoms with van der Waals surface area (Å²) >= 11 is 0. The largest absolute Gasteiger partial charge is 0.456 e. The van der Waals surface area contributed by atoms with Crippen LogP contribution < -0.4 is 0 Å². The zero-order valence-electron chi connectivity index (χ0n) is 32.5. The fourth-order valence-electron chi connectivity index (χ4n) is 9.49. The van der Waals surface area contributed by atoms with Gasteiger partial charge in [-0.1, -0.05) is 188 Å². The van der Waals surface area contributed by atoms with Crippen LogP contribution in [0.5, 0.6) is 0 Å². The molecular weight excluding hydrogens is 731 g/mol. The minimum Gasteiger partial charge on any atom is -0.456 e. The van der Waals surface area contributed by atoms with E-state index in [-0.39, 0.29) is 0 Å². The quantitative estimate of drug-likeness (QED) is 0.169. The van der Waals surface area contributed by atoms with Gasteiger partial charge in [0.05, 0.1) is 5.41 Å². The fraction of sp³-hybridized carbons (Fsp3) is 0.0179. The topological polar surface area (TPSA) is 51.8 Å². The standard InChI is InChI=1S/C56H35N3O/c1-3-16-37(17-4-1)53-57-54(40-28-27-36-15-7-8-18-38(36)33-40)59-55(58-53)48-24-10-9-21-43(48)39-29-31-46-47-32-30-42(35-52(47)60-51(46)34-39)56(41-19-5-2-6-20-41)49-25-13-11-22-44(49)45-23-12-14-26-50(45)56/h1-35H. The van der Waals surface area contributed by atoms with E-state index >= 15 is 0 Å². The van der Waals surface area contributed by atoms with Gasteiger partial charge in [0.25, 0.3) is 0 Å². The number of aromatic nitrogens is 3. The van der Waals surface area contributed by atoms with Gasteiger partial charge < -0.3 is 4.42 Å². The summed E-state index contributed by atoms with van der Waals surface area (Å²) in [4.78, 5) is 15.3. The van der Waals surface area contributed by atoms with Crippen molar-refractivity contribution in [2.24, 2.45) is 0 Å². The molecule has 0 bridgehead atoms. The summed E-state index contributed by atoms with van der Waals surface area (Å²) in [7, 11) is 0. The lowest BCUT2D eigenvalue weighted by Gasteiger charge is -2.33. The third kappa shape index (κ3) is 5.28. The third-order valence-corrected chi connectivity index (χ3v) is 12.2. The van der Waals surface area contributed by atoms with Crippen LogP contribution in [0.15, 0.2) is 217 Å². The number of fused-ring (bicyclic) bond motifs is 7. The van der Waals surface area contributed by atoms with Gasteiger partial charge >= 0.3 is 0 Å². The molecule has 0 atom stereocenters. The second kappa shape index (κ2) is 13.6. The highest BCUT2D eigenvalue weighted by Crippen LogP contribution is 2.56. The maximum atomic E-state index is 6.87. The van der Waals surface area contributed by atoms with Crippen LogP contribution in [0.4, 0.5) is 0 Å². The monoisotopic (exact) mass is 765 g/mol. The molecular formula is C56H35N3O. The van der Waals surface area contributed by atoms with Crippen LogP contribution >= 0.6 is 0 Å². The molecule has 1 aliphatic carbocycles. The maximum Gasteiger partial charge on any atom is 0.164 e. The maximum absolute atomic E-state index is 6.87. The van der Waals surface area contributed by atoms with E-state index in [1.54, 1.807) is 0 Å². The minimum absolute atomic E-state index is 0.499. The molecule has 0 spiro atoms. The number of furan rings is 1. The predicted octanol–water partition coefficient (Wildman–Crippen LogP) is 14.0. The Balaban J connectivity index is 1.00. The molecule has 0 fully saturated rings. The van der Waals surface area contributed by atoms with Crippen LogP contribution in [-0.4, -0.2) is 15.0 Å². The number of nitrogens with zero attached hydrogens (tertiary/aromatic N) is 3. The van der Waals surface area contributed by atoms with Crippen LogP contribution in [0.1, 0.15) is 22.3 Å². The molecule has 4 heteroatoms. The first-order chi connectivity index (χ1) is 29.7. The van der Waals surface area contributed by atoms with E-state index in [0.29, 0.717) is 17.5 Å². The highest BCUT2D eigenvalue weighted by atomic mass is 16.3. The van der Waals surface area contributed by atoms with Crippen molar-refractivity contribution in [3.63, 3.8) is 0 Å². The van der Waals surface area contributed by atoms with Crippen molar-refractivity contribution >= 4 is 32.7 Å². The zero-order valence-corrected chi connectivity index (χ0v) is 32.5. The molecule has 0 saturated carbocycles. The summed E-state index contributed by atoms with van der Waals surface area (Å²) in [6.45, 7) is 0. The van der Waals surface area contributed by atoms with Gasteiger partial charge in [-0.25, -0.2) is 15.0 Å². The Morgan fingerprint density at radius 3 is 1.58 bits per heavy atom. The number of hydrogen-bond acceptors (Lipinski definition) is 4. The molecule has 0 radical (unpaired) electrons. The summed E-state index contributed by atoms with van der Waals surface area (Å²) in [5, 5.41) is 4.47. The van der Waals surface area contributed by atoms with Crippen LogP contribution in [-0.2, 0) is 5.41 Å². The first-order valence-electron chi connectivity index (χ1n) is 20.3. The van der Waals surface area contributed by atoms with Crippen molar-refractivity contribution in [3.8, 4) is 56.4 Å². The van der Waals surface area contributed by atoms with E-state index in [0.717, 1.165) is 55.1 Å². The smallest absolute Gasteiger partial charge is 0.164 e. The van der Waals surface area contributed by atoms with Gasteiger partial charge in [-0.3, -0.25) is 0 Å². The van der Waals surface area contributed by atoms with Crippen molar-refractivity contribution in [2.75, 3.05) is 0 Å². The predicted molar refractivity (Wildman–Crippen MR) is 244 cm³/mol. The molecule has 0 N–H and O–H groups in total. The minimum atomic E-state index is -0.499. The van der Waals surface area contributed by atoms with Crippen LogP contribution in [0, 0.1) is 0 Å². The molecule has 4 nitrogen and oxygen atoms in total. The van der Waals surface area contributed by atoms with E-state index in [1.165, 1.54) is 38.8 Å². The second-order valence-electron chi connectivity index (χ2n) is 15.5. The molecule has 0 aliphatic heterocycles. The molecule has 12 rings (SSSR count). The highest BCUT2D eigenvalue weighted by Gasteiger charge is 2.46. The Kier molecular flexibility index (Phi) is 7.72. The molecule has 0 unspecified atom stereocenters. The van der Waals surface area contributed by atoms with Gasteiger partial charge in [0.2, 0.25) is 0 Å². The Bertz CT molecular complexity index is 3400. The van der Waals surface area contributed by atoms with Crippen molar-refractivity contribution in [1.29, 1.82) is 0 Å². The number of benzene rings is 9. The molecule has 1 aliphatic rings. The molecule has 280 valence electrons. The fourth-order valence-corrected chi connectivity index (χ4v) is 9.49. The lowest BCUT2D eigenvalue weighted by Crippen LogP contribution is -2.28. The van der Waals surface area contributed by atoms with E-state index in [9.17, 15) is 0 Å². The summed E-state index contributed by atoms with van der Waals surface area (Å²) < 4.78 is 6.87. The SMILES string of the molecule is c1ccc(-c2nc(-c3ccc4ccccc4c3)nc(-c3ccccc3-c3ccc4c(c3)oc3cc(C5(c6ccccc6)c6ccccc6-c6ccccc65)ccc34)n2)cc1. The normalized spacial score (nSPS) is 12.8. The second-order valence-corrected chi connectivity index (χ2v) is 15.5. The van der Waals surface area contributed by atoms with Crippen LogP contribution in [0.3, 0.4) is 0 Å².